The quantitative estimate of drug-likeness (QED) is 0.689. The molecule has 1 heterocycles. The highest BCUT2D eigenvalue weighted by molar-refractivity contribution is 7.91. The fraction of sp³-hybridized carbons (Fsp3) is 0.350. The number of benzene rings is 2. The molecule has 162 valence electrons. The van der Waals surface area contributed by atoms with Gasteiger partial charge in [0.15, 0.2) is 9.84 Å². The zero-order valence-electron chi connectivity index (χ0n) is 16.4. The first kappa shape index (κ1) is 22.4. The van der Waals surface area contributed by atoms with Gasteiger partial charge >= 0.3 is 0 Å². The molecule has 2 atom stereocenters. The number of sulfone groups is 1. The minimum absolute atomic E-state index is 0.178. The highest BCUT2D eigenvalue weighted by Gasteiger charge is 2.36. The molecule has 30 heavy (non-hydrogen) atoms. The largest absolute Gasteiger partial charge is 0.337 e. The molecule has 2 aromatic rings. The Kier molecular flexibility index (Phi) is 6.59. The molecule has 1 saturated heterocycles. The predicted octanol–water partition coefficient (Wildman–Crippen LogP) is 1.96. The van der Waals surface area contributed by atoms with E-state index in [2.05, 4.69) is 4.72 Å². The summed E-state index contributed by atoms with van der Waals surface area (Å²) in [6.07, 6.45) is 1.12. The number of amides is 1. The van der Waals surface area contributed by atoms with Crippen LogP contribution >= 0.6 is 0 Å². The summed E-state index contributed by atoms with van der Waals surface area (Å²) in [7, 11) is -7.85. The number of rotatable bonds is 7. The van der Waals surface area contributed by atoms with Crippen molar-refractivity contribution in [3.63, 3.8) is 0 Å². The van der Waals surface area contributed by atoms with E-state index in [0.717, 1.165) is 12.1 Å². The molecule has 1 amide bonds. The molecular formula is C20H23FN2O5S2. The van der Waals surface area contributed by atoms with Gasteiger partial charge in [-0.2, -0.15) is 4.72 Å². The van der Waals surface area contributed by atoms with Crippen molar-refractivity contribution in [3.05, 3.63) is 60.4 Å². The molecule has 10 heteroatoms. The summed E-state index contributed by atoms with van der Waals surface area (Å²) in [5.41, 5.74) is 0. The number of sulfonamides is 1. The van der Waals surface area contributed by atoms with E-state index in [1.54, 1.807) is 18.2 Å². The molecule has 2 unspecified atom stereocenters. The van der Waals surface area contributed by atoms with E-state index in [9.17, 15) is 26.0 Å². The van der Waals surface area contributed by atoms with E-state index in [1.807, 2.05) is 0 Å². The Morgan fingerprint density at radius 2 is 1.73 bits per heavy atom. The van der Waals surface area contributed by atoms with Gasteiger partial charge in [0, 0.05) is 12.6 Å². The number of carbonyl (C=O) groups is 1. The number of hydrogen-bond acceptors (Lipinski definition) is 5. The molecule has 0 radical (unpaired) electrons. The molecule has 0 bridgehead atoms. The average Bonchev–Trinajstić information content (AvgIpc) is 3.15. The summed E-state index contributed by atoms with van der Waals surface area (Å²) < 4.78 is 66.4. The van der Waals surface area contributed by atoms with Gasteiger partial charge in [0.1, 0.15) is 10.7 Å². The highest BCUT2D eigenvalue weighted by Crippen LogP contribution is 2.23. The zero-order valence-corrected chi connectivity index (χ0v) is 18.0. The molecule has 7 nitrogen and oxygen atoms in total. The number of hydrogen-bond donors (Lipinski definition) is 1. The van der Waals surface area contributed by atoms with Crippen LogP contribution in [0.4, 0.5) is 4.39 Å². The topological polar surface area (TPSA) is 101 Å². The van der Waals surface area contributed by atoms with Crippen LogP contribution in [0, 0.1) is 5.82 Å². The third-order valence-electron chi connectivity index (χ3n) is 5.00. The normalized spacial score (nSPS) is 18.3. The lowest BCUT2D eigenvalue weighted by molar-refractivity contribution is -0.133. The summed E-state index contributed by atoms with van der Waals surface area (Å²) >= 11 is 0. The summed E-state index contributed by atoms with van der Waals surface area (Å²) in [5.74, 6) is -1.70. The third kappa shape index (κ3) is 4.88. The summed E-state index contributed by atoms with van der Waals surface area (Å²) in [5, 5.41) is 0. The van der Waals surface area contributed by atoms with Crippen LogP contribution in [-0.2, 0) is 24.7 Å². The first-order valence-corrected chi connectivity index (χ1v) is 12.6. The first-order valence-electron chi connectivity index (χ1n) is 9.47. The summed E-state index contributed by atoms with van der Waals surface area (Å²) in [4.78, 5) is 13.9. The molecule has 0 aromatic heterocycles. The number of carbonyl (C=O) groups excluding carboxylic acids is 1. The molecule has 0 spiro atoms. The molecule has 1 N–H and O–H groups in total. The van der Waals surface area contributed by atoms with Crippen LogP contribution in [0.15, 0.2) is 64.4 Å². The maximum atomic E-state index is 13.9. The van der Waals surface area contributed by atoms with Gasteiger partial charge in [-0.1, -0.05) is 30.3 Å². The molecule has 1 aliphatic rings. The monoisotopic (exact) mass is 454 g/mol. The van der Waals surface area contributed by atoms with E-state index >= 15 is 0 Å². The van der Waals surface area contributed by atoms with Crippen LogP contribution in [0.5, 0.6) is 0 Å². The van der Waals surface area contributed by atoms with E-state index < -0.39 is 48.6 Å². The van der Waals surface area contributed by atoms with Crippen LogP contribution in [0.3, 0.4) is 0 Å². The SMILES string of the molecule is CC(NS(=O)(=O)c1ccccc1F)C(=O)N1CCCC1CS(=O)(=O)c1ccccc1. The van der Waals surface area contributed by atoms with Gasteiger partial charge in [-0.3, -0.25) is 4.79 Å². The van der Waals surface area contributed by atoms with Crippen LogP contribution in [-0.4, -0.2) is 52.0 Å². The molecule has 0 aliphatic carbocycles. The van der Waals surface area contributed by atoms with Crippen molar-refractivity contribution in [2.75, 3.05) is 12.3 Å². The van der Waals surface area contributed by atoms with E-state index in [1.165, 1.54) is 36.1 Å². The fourth-order valence-corrected chi connectivity index (χ4v) is 6.43. The second-order valence-corrected chi connectivity index (χ2v) is 10.9. The molecule has 1 fully saturated rings. The second-order valence-electron chi connectivity index (χ2n) is 7.20. The minimum atomic E-state index is -4.25. The maximum Gasteiger partial charge on any atom is 0.244 e. The lowest BCUT2D eigenvalue weighted by Gasteiger charge is -2.27. The second kappa shape index (κ2) is 8.83. The standard InChI is InChI=1S/C20H23FN2O5S2/c1-15(22-30(27,28)19-12-6-5-11-18(19)21)20(24)23-13-7-8-16(23)14-29(25,26)17-9-3-2-4-10-17/h2-6,9-12,15-16,22H,7-8,13-14H2,1H3. The molecule has 2 aromatic carbocycles. The van der Waals surface area contributed by atoms with Gasteiger partial charge < -0.3 is 4.90 Å². The Morgan fingerprint density at radius 3 is 2.40 bits per heavy atom. The van der Waals surface area contributed by atoms with Gasteiger partial charge in [-0.15, -0.1) is 0 Å². The van der Waals surface area contributed by atoms with Crippen molar-refractivity contribution in [2.24, 2.45) is 0 Å². The number of likely N-dealkylation sites (tertiary alicyclic amines) is 1. The smallest absolute Gasteiger partial charge is 0.244 e. The molecule has 3 rings (SSSR count). The average molecular weight is 455 g/mol. The predicted molar refractivity (Wildman–Crippen MR) is 109 cm³/mol. The van der Waals surface area contributed by atoms with Crippen LogP contribution < -0.4 is 4.72 Å². The van der Waals surface area contributed by atoms with E-state index in [-0.39, 0.29) is 10.6 Å². The maximum absolute atomic E-state index is 13.9. The Labute approximate surface area is 175 Å². The molecule has 1 aliphatic heterocycles. The number of nitrogens with zero attached hydrogens (tertiary/aromatic N) is 1. The first-order chi connectivity index (χ1) is 14.1. The van der Waals surface area contributed by atoms with E-state index in [4.69, 9.17) is 0 Å². The Balaban J connectivity index is 1.73. The van der Waals surface area contributed by atoms with Crippen molar-refractivity contribution in [1.29, 1.82) is 0 Å². The van der Waals surface area contributed by atoms with Crippen molar-refractivity contribution in [1.82, 2.24) is 9.62 Å². The lowest BCUT2D eigenvalue weighted by Crippen LogP contribution is -2.50. The van der Waals surface area contributed by atoms with Gasteiger partial charge in [-0.25, -0.2) is 21.2 Å². The van der Waals surface area contributed by atoms with Crippen molar-refractivity contribution >= 4 is 25.8 Å². The Morgan fingerprint density at radius 1 is 1.10 bits per heavy atom. The van der Waals surface area contributed by atoms with Gasteiger partial charge in [0.05, 0.1) is 16.7 Å². The Hall–Kier alpha value is -2.30. The van der Waals surface area contributed by atoms with Crippen LogP contribution in [0.25, 0.3) is 0 Å². The van der Waals surface area contributed by atoms with Crippen molar-refractivity contribution < 1.29 is 26.0 Å². The summed E-state index contributed by atoms with van der Waals surface area (Å²) in [6.45, 7) is 1.70. The number of halogens is 1. The zero-order chi connectivity index (χ0) is 21.9. The van der Waals surface area contributed by atoms with Gasteiger partial charge in [0.2, 0.25) is 15.9 Å². The van der Waals surface area contributed by atoms with Crippen molar-refractivity contribution in [3.8, 4) is 0 Å². The van der Waals surface area contributed by atoms with Gasteiger partial charge in [0.25, 0.3) is 0 Å². The minimum Gasteiger partial charge on any atom is -0.337 e. The van der Waals surface area contributed by atoms with Crippen LogP contribution in [0.1, 0.15) is 19.8 Å². The lowest BCUT2D eigenvalue weighted by atomic mass is 10.2. The molecular weight excluding hydrogens is 431 g/mol. The van der Waals surface area contributed by atoms with E-state index in [0.29, 0.717) is 19.4 Å². The van der Waals surface area contributed by atoms with Gasteiger partial charge in [-0.05, 0) is 44.0 Å². The summed E-state index contributed by atoms with van der Waals surface area (Å²) in [6, 6.07) is 11.1. The molecule has 0 saturated carbocycles. The fourth-order valence-electron chi connectivity index (χ4n) is 3.53. The Bertz CT molecular complexity index is 1120. The highest BCUT2D eigenvalue weighted by atomic mass is 32.2. The van der Waals surface area contributed by atoms with Crippen LogP contribution in [0.2, 0.25) is 0 Å². The number of nitrogens with one attached hydrogen (secondary N) is 1. The third-order valence-corrected chi connectivity index (χ3v) is 8.39. The van der Waals surface area contributed by atoms with Crippen molar-refractivity contribution in [2.45, 2.75) is 41.6 Å².